The van der Waals surface area contributed by atoms with Gasteiger partial charge in [0.2, 0.25) is 5.78 Å². The summed E-state index contributed by atoms with van der Waals surface area (Å²) >= 11 is 0. The van der Waals surface area contributed by atoms with Gasteiger partial charge < -0.3 is 9.30 Å². The summed E-state index contributed by atoms with van der Waals surface area (Å²) in [6.45, 7) is 4.92. The van der Waals surface area contributed by atoms with Crippen molar-refractivity contribution in [1.29, 1.82) is 0 Å². The number of hydrogen-bond donors (Lipinski definition) is 0. The van der Waals surface area contributed by atoms with Crippen LogP contribution in [0.15, 0.2) is 42.7 Å². The molecule has 0 radical (unpaired) electrons. The van der Waals surface area contributed by atoms with Crippen molar-refractivity contribution in [3.63, 3.8) is 0 Å². The zero-order valence-corrected chi connectivity index (χ0v) is 15.2. The van der Waals surface area contributed by atoms with Gasteiger partial charge in [-0.25, -0.2) is 14.2 Å². The lowest BCUT2D eigenvalue weighted by molar-refractivity contribution is 0.0468. The number of halogens is 1. The second-order valence-corrected chi connectivity index (χ2v) is 6.14. The monoisotopic (exact) mass is 367 g/mol. The van der Waals surface area contributed by atoms with Crippen LogP contribution in [0.5, 0.6) is 0 Å². The molecule has 27 heavy (non-hydrogen) atoms. The van der Waals surface area contributed by atoms with E-state index >= 15 is 0 Å². The lowest BCUT2D eigenvalue weighted by atomic mass is 10.1. The molecule has 7 heteroatoms. The minimum atomic E-state index is -0.713. The number of esters is 1. The highest BCUT2D eigenvalue weighted by Gasteiger charge is 2.19. The molecule has 0 aliphatic heterocycles. The van der Waals surface area contributed by atoms with Crippen molar-refractivity contribution in [2.75, 3.05) is 6.61 Å². The van der Waals surface area contributed by atoms with Crippen LogP contribution >= 0.6 is 0 Å². The second-order valence-electron chi connectivity index (χ2n) is 6.14. The lowest BCUT2D eigenvalue weighted by Gasteiger charge is -2.10. The highest BCUT2D eigenvalue weighted by Crippen LogP contribution is 2.22. The zero-order valence-electron chi connectivity index (χ0n) is 15.2. The number of aryl methyl sites for hydroxylation is 2. The van der Waals surface area contributed by atoms with Gasteiger partial charge in [0.05, 0.1) is 11.9 Å². The van der Waals surface area contributed by atoms with Crippen molar-refractivity contribution in [2.45, 2.75) is 20.8 Å². The lowest BCUT2D eigenvalue weighted by Crippen LogP contribution is -2.16. The van der Waals surface area contributed by atoms with E-state index < -0.39 is 12.6 Å². The number of ether oxygens (including phenoxy) is 1. The van der Waals surface area contributed by atoms with E-state index in [1.54, 1.807) is 36.6 Å². The van der Waals surface area contributed by atoms with Gasteiger partial charge in [-0.1, -0.05) is 6.07 Å². The van der Waals surface area contributed by atoms with E-state index in [0.29, 0.717) is 22.6 Å². The molecule has 0 amide bonds. The first-order valence-corrected chi connectivity index (χ1v) is 8.30. The topological polar surface area (TPSA) is 74.1 Å². The van der Waals surface area contributed by atoms with Crippen molar-refractivity contribution >= 4 is 11.8 Å². The number of nitrogens with zero attached hydrogens (tertiary/aromatic N) is 3. The summed E-state index contributed by atoms with van der Waals surface area (Å²) in [6.07, 6.45) is 2.75. The summed E-state index contributed by atoms with van der Waals surface area (Å²) in [4.78, 5) is 32.4. The SMILES string of the molecule is Cc1cnc(C(=O)OCC(=O)c2cc(C)n(-c3cccc(F)c3)c2C)cn1. The summed E-state index contributed by atoms with van der Waals surface area (Å²) in [5, 5.41) is 0. The van der Waals surface area contributed by atoms with Crippen LogP contribution in [0.1, 0.15) is 37.9 Å². The molecule has 6 nitrogen and oxygen atoms in total. The molecule has 0 aliphatic rings. The highest BCUT2D eigenvalue weighted by atomic mass is 19.1. The first-order chi connectivity index (χ1) is 12.9. The number of carbonyl (C=O) groups excluding carboxylic acids is 2. The molecule has 0 spiro atoms. The Kier molecular flexibility index (Phi) is 5.12. The summed E-state index contributed by atoms with van der Waals surface area (Å²) in [5.41, 5.74) is 3.17. The van der Waals surface area contributed by atoms with Gasteiger partial charge in [-0.05, 0) is 45.0 Å². The molecule has 3 aromatic rings. The van der Waals surface area contributed by atoms with Crippen LogP contribution in [0, 0.1) is 26.6 Å². The molecule has 2 aromatic heterocycles. The zero-order chi connectivity index (χ0) is 19.6. The van der Waals surface area contributed by atoms with Gasteiger partial charge in [0, 0.05) is 28.8 Å². The fourth-order valence-electron chi connectivity index (χ4n) is 2.84. The van der Waals surface area contributed by atoms with Crippen LogP contribution in [-0.4, -0.2) is 32.9 Å². The van der Waals surface area contributed by atoms with E-state index in [-0.39, 0.29) is 17.3 Å². The predicted octanol–water partition coefficient (Wildman–Crippen LogP) is 3.37. The summed E-state index contributed by atoms with van der Waals surface area (Å²) in [6, 6.07) is 7.81. The van der Waals surface area contributed by atoms with E-state index in [9.17, 15) is 14.0 Å². The van der Waals surface area contributed by atoms with Crippen LogP contribution < -0.4 is 0 Å². The van der Waals surface area contributed by atoms with E-state index in [1.165, 1.54) is 24.5 Å². The van der Waals surface area contributed by atoms with E-state index in [4.69, 9.17) is 4.74 Å². The van der Waals surface area contributed by atoms with Crippen molar-refractivity contribution in [3.8, 4) is 5.69 Å². The van der Waals surface area contributed by atoms with Crippen LogP contribution in [0.2, 0.25) is 0 Å². The van der Waals surface area contributed by atoms with Gasteiger partial charge in [-0.3, -0.25) is 9.78 Å². The Morgan fingerprint density at radius 2 is 1.89 bits per heavy atom. The average molecular weight is 367 g/mol. The maximum absolute atomic E-state index is 13.5. The molecule has 2 heterocycles. The largest absolute Gasteiger partial charge is 0.453 e. The predicted molar refractivity (Wildman–Crippen MR) is 96.6 cm³/mol. The number of hydrogen-bond acceptors (Lipinski definition) is 5. The number of ketones is 1. The maximum atomic E-state index is 13.5. The van der Waals surface area contributed by atoms with Crippen LogP contribution in [0.25, 0.3) is 5.69 Å². The fraction of sp³-hybridized carbons (Fsp3) is 0.200. The second kappa shape index (κ2) is 7.49. The first-order valence-electron chi connectivity index (χ1n) is 8.30. The first kappa shape index (κ1) is 18.4. The molecule has 0 fully saturated rings. The molecule has 0 bridgehead atoms. The highest BCUT2D eigenvalue weighted by molar-refractivity contribution is 6.00. The summed E-state index contributed by atoms with van der Waals surface area (Å²) < 4.78 is 20.4. The Bertz CT molecular complexity index is 1010. The number of carbonyl (C=O) groups is 2. The Labute approximate surface area is 155 Å². The quantitative estimate of drug-likeness (QED) is 0.511. The number of rotatable bonds is 5. The molecule has 0 N–H and O–H groups in total. The third-order valence-electron chi connectivity index (χ3n) is 4.12. The van der Waals surface area contributed by atoms with Gasteiger partial charge in [0.25, 0.3) is 0 Å². The third-order valence-corrected chi connectivity index (χ3v) is 4.12. The van der Waals surface area contributed by atoms with Crippen LogP contribution in [-0.2, 0) is 4.74 Å². The number of Topliss-reactive ketones (excluding diaryl/α,β-unsaturated/α-hetero) is 1. The molecular formula is C20H18FN3O3. The van der Waals surface area contributed by atoms with Gasteiger partial charge in [0.1, 0.15) is 5.82 Å². The molecule has 0 atom stereocenters. The number of aromatic nitrogens is 3. The Morgan fingerprint density at radius 1 is 1.11 bits per heavy atom. The number of benzene rings is 1. The molecule has 0 saturated carbocycles. The van der Waals surface area contributed by atoms with Crippen LogP contribution in [0.3, 0.4) is 0 Å². The molecule has 0 saturated heterocycles. The minimum absolute atomic E-state index is 0.0404. The molecular weight excluding hydrogens is 349 g/mol. The van der Waals surface area contributed by atoms with Crippen LogP contribution in [0.4, 0.5) is 4.39 Å². The minimum Gasteiger partial charge on any atom is -0.453 e. The molecule has 138 valence electrons. The van der Waals surface area contributed by atoms with E-state index in [0.717, 1.165) is 5.69 Å². The van der Waals surface area contributed by atoms with E-state index in [2.05, 4.69) is 9.97 Å². The Morgan fingerprint density at radius 3 is 2.56 bits per heavy atom. The van der Waals surface area contributed by atoms with Crippen molar-refractivity contribution < 1.29 is 18.7 Å². The van der Waals surface area contributed by atoms with Gasteiger partial charge >= 0.3 is 5.97 Å². The molecule has 1 aromatic carbocycles. The Hall–Kier alpha value is -3.35. The van der Waals surface area contributed by atoms with E-state index in [1.807, 2.05) is 6.92 Å². The smallest absolute Gasteiger partial charge is 0.358 e. The summed E-state index contributed by atoms with van der Waals surface area (Å²) in [7, 11) is 0. The maximum Gasteiger partial charge on any atom is 0.358 e. The normalized spacial score (nSPS) is 10.7. The van der Waals surface area contributed by atoms with Gasteiger partial charge in [0.15, 0.2) is 12.3 Å². The third kappa shape index (κ3) is 3.92. The van der Waals surface area contributed by atoms with Crippen molar-refractivity contribution in [1.82, 2.24) is 14.5 Å². The molecule has 0 aliphatic carbocycles. The Balaban J connectivity index is 1.77. The van der Waals surface area contributed by atoms with Crippen molar-refractivity contribution in [2.24, 2.45) is 0 Å². The van der Waals surface area contributed by atoms with Crippen molar-refractivity contribution in [3.05, 3.63) is 76.9 Å². The fourth-order valence-corrected chi connectivity index (χ4v) is 2.84. The molecule has 3 rings (SSSR count). The standard InChI is InChI=1S/C20H18FN3O3/c1-12-9-23-18(10-22-12)20(26)27-11-19(25)17-7-13(2)24(14(17)3)16-6-4-5-15(21)8-16/h4-10H,11H2,1-3H3. The van der Waals surface area contributed by atoms with Gasteiger partial charge in [-0.15, -0.1) is 0 Å². The summed E-state index contributed by atoms with van der Waals surface area (Å²) in [5.74, 6) is -1.42. The average Bonchev–Trinajstić information content (AvgIpc) is 2.94. The van der Waals surface area contributed by atoms with Gasteiger partial charge in [-0.2, -0.15) is 0 Å². The molecule has 0 unspecified atom stereocenters.